The normalized spacial score (nSPS) is 14.1. The van der Waals surface area contributed by atoms with Gasteiger partial charge in [0.1, 0.15) is 11.6 Å². The summed E-state index contributed by atoms with van der Waals surface area (Å²) in [5.41, 5.74) is 2.68. The Hall–Kier alpha value is -3.22. The maximum atomic E-state index is 13.6. The molecule has 2 amide bonds. The lowest BCUT2D eigenvalue weighted by molar-refractivity contribution is -0.117. The van der Waals surface area contributed by atoms with Gasteiger partial charge in [-0.2, -0.15) is 0 Å². The first kappa shape index (κ1) is 19.5. The number of methoxy groups -OCH3 is 1. The Labute approximate surface area is 161 Å². The molecule has 1 aliphatic heterocycles. The maximum Gasteiger partial charge on any atom is 0.414 e. The Morgan fingerprint density at radius 2 is 2.00 bits per heavy atom. The molecule has 0 fully saturated rings. The minimum atomic E-state index is -0.604. The molecule has 0 radical (unpaired) electrons. The SMILES string of the molecule is COC(=O)N1CCc2cc(C(C)NC(=O)C=Cc3cc(F)ccc3F)ccc21. The van der Waals surface area contributed by atoms with Crippen LogP contribution in [0.3, 0.4) is 0 Å². The van der Waals surface area contributed by atoms with Crippen LogP contribution < -0.4 is 10.2 Å². The molecule has 2 aromatic carbocycles. The van der Waals surface area contributed by atoms with E-state index in [0.717, 1.165) is 35.0 Å². The molecule has 5 nitrogen and oxygen atoms in total. The van der Waals surface area contributed by atoms with Crippen LogP contribution in [0.4, 0.5) is 19.3 Å². The molecular weight excluding hydrogens is 366 g/mol. The second-order valence-corrected chi connectivity index (χ2v) is 6.49. The Morgan fingerprint density at radius 3 is 2.75 bits per heavy atom. The summed E-state index contributed by atoms with van der Waals surface area (Å²) >= 11 is 0. The summed E-state index contributed by atoms with van der Waals surface area (Å²) in [6.07, 6.45) is 2.71. The lowest BCUT2D eigenvalue weighted by atomic mass is 10.0. The fourth-order valence-electron chi connectivity index (χ4n) is 3.14. The van der Waals surface area contributed by atoms with Gasteiger partial charge in [0.2, 0.25) is 5.91 Å². The second kappa shape index (κ2) is 8.21. The van der Waals surface area contributed by atoms with Gasteiger partial charge >= 0.3 is 6.09 Å². The van der Waals surface area contributed by atoms with E-state index in [0.29, 0.717) is 13.0 Å². The zero-order chi connectivity index (χ0) is 20.3. The number of hydrogen-bond donors (Lipinski definition) is 1. The van der Waals surface area contributed by atoms with Gasteiger partial charge in [0, 0.05) is 18.2 Å². The van der Waals surface area contributed by atoms with Crippen LogP contribution in [0.15, 0.2) is 42.5 Å². The van der Waals surface area contributed by atoms with E-state index in [9.17, 15) is 18.4 Å². The molecular formula is C21H20F2N2O3. The molecule has 0 aromatic heterocycles. The van der Waals surface area contributed by atoms with Crippen molar-refractivity contribution in [2.24, 2.45) is 0 Å². The Morgan fingerprint density at radius 1 is 1.21 bits per heavy atom. The summed E-state index contributed by atoms with van der Waals surface area (Å²) in [5, 5.41) is 2.79. The van der Waals surface area contributed by atoms with Crippen LogP contribution in [0.25, 0.3) is 6.08 Å². The lowest BCUT2D eigenvalue weighted by Crippen LogP contribution is -2.28. The van der Waals surface area contributed by atoms with Crippen molar-refractivity contribution in [3.05, 3.63) is 70.8 Å². The van der Waals surface area contributed by atoms with Crippen LogP contribution in [0.5, 0.6) is 0 Å². The molecule has 7 heteroatoms. The van der Waals surface area contributed by atoms with Crippen LogP contribution in [0.1, 0.15) is 29.7 Å². The van der Waals surface area contributed by atoms with Gasteiger partial charge in [0.15, 0.2) is 0 Å². The van der Waals surface area contributed by atoms with Gasteiger partial charge in [0.25, 0.3) is 0 Å². The van der Waals surface area contributed by atoms with E-state index in [1.54, 1.807) is 4.90 Å². The van der Waals surface area contributed by atoms with Crippen molar-refractivity contribution >= 4 is 23.8 Å². The molecule has 1 aliphatic rings. The highest BCUT2D eigenvalue weighted by Crippen LogP contribution is 2.31. The van der Waals surface area contributed by atoms with Crippen LogP contribution in [0, 0.1) is 11.6 Å². The van der Waals surface area contributed by atoms with Gasteiger partial charge in [-0.25, -0.2) is 13.6 Å². The lowest BCUT2D eigenvalue weighted by Gasteiger charge is -2.17. The van der Waals surface area contributed by atoms with Crippen LogP contribution in [-0.4, -0.2) is 25.7 Å². The summed E-state index contributed by atoms with van der Waals surface area (Å²) < 4.78 is 31.6. The number of amides is 2. The van der Waals surface area contributed by atoms with Crippen molar-refractivity contribution in [1.82, 2.24) is 5.32 Å². The first-order valence-corrected chi connectivity index (χ1v) is 8.81. The molecule has 0 bridgehead atoms. The number of anilines is 1. The molecule has 0 aliphatic carbocycles. The first-order chi connectivity index (χ1) is 13.4. The predicted molar refractivity (Wildman–Crippen MR) is 102 cm³/mol. The molecule has 1 N–H and O–H groups in total. The predicted octanol–water partition coefficient (Wildman–Crippen LogP) is 3.98. The molecule has 3 rings (SSSR count). The summed E-state index contributed by atoms with van der Waals surface area (Å²) in [6.45, 7) is 2.37. The van der Waals surface area contributed by atoms with E-state index in [1.807, 2.05) is 25.1 Å². The summed E-state index contributed by atoms with van der Waals surface area (Å²) in [6, 6.07) is 8.36. The highest BCUT2D eigenvalue weighted by atomic mass is 19.1. The fourth-order valence-corrected chi connectivity index (χ4v) is 3.14. The number of fused-ring (bicyclic) bond motifs is 1. The maximum absolute atomic E-state index is 13.6. The van der Waals surface area contributed by atoms with Crippen LogP contribution >= 0.6 is 0 Å². The zero-order valence-electron chi connectivity index (χ0n) is 15.5. The van der Waals surface area contributed by atoms with E-state index in [-0.39, 0.29) is 11.6 Å². The molecule has 1 unspecified atom stereocenters. The first-order valence-electron chi connectivity index (χ1n) is 8.81. The third kappa shape index (κ3) is 4.19. The average molecular weight is 386 g/mol. The number of nitrogens with zero attached hydrogens (tertiary/aromatic N) is 1. The van der Waals surface area contributed by atoms with Gasteiger partial charge in [-0.1, -0.05) is 12.1 Å². The highest BCUT2D eigenvalue weighted by Gasteiger charge is 2.25. The Bertz CT molecular complexity index is 943. The summed E-state index contributed by atoms with van der Waals surface area (Å²) in [7, 11) is 1.34. The van der Waals surface area contributed by atoms with Crippen molar-refractivity contribution in [2.45, 2.75) is 19.4 Å². The van der Waals surface area contributed by atoms with E-state index in [4.69, 9.17) is 4.74 Å². The summed E-state index contributed by atoms with van der Waals surface area (Å²) in [4.78, 5) is 25.5. The monoisotopic (exact) mass is 386 g/mol. The Balaban J connectivity index is 1.67. The van der Waals surface area contributed by atoms with E-state index < -0.39 is 23.6 Å². The molecule has 0 saturated heterocycles. The number of rotatable bonds is 4. The topological polar surface area (TPSA) is 58.6 Å². The smallest absolute Gasteiger partial charge is 0.414 e. The van der Waals surface area contributed by atoms with Gasteiger partial charge in [0.05, 0.1) is 18.8 Å². The molecule has 1 atom stereocenters. The number of benzene rings is 2. The minimum absolute atomic E-state index is 0.00300. The second-order valence-electron chi connectivity index (χ2n) is 6.49. The third-order valence-electron chi connectivity index (χ3n) is 4.63. The van der Waals surface area contributed by atoms with Gasteiger partial charge in [-0.3, -0.25) is 9.69 Å². The van der Waals surface area contributed by atoms with E-state index in [1.165, 1.54) is 19.3 Å². The Kier molecular flexibility index (Phi) is 5.73. The minimum Gasteiger partial charge on any atom is -0.452 e. The van der Waals surface area contributed by atoms with E-state index >= 15 is 0 Å². The molecule has 0 saturated carbocycles. The van der Waals surface area contributed by atoms with Crippen molar-refractivity contribution in [2.75, 3.05) is 18.6 Å². The number of carbonyl (C=O) groups excluding carboxylic acids is 2. The van der Waals surface area contributed by atoms with Gasteiger partial charge < -0.3 is 10.1 Å². The largest absolute Gasteiger partial charge is 0.452 e. The van der Waals surface area contributed by atoms with Crippen molar-refractivity contribution in [3.63, 3.8) is 0 Å². The standard InChI is InChI=1S/C21H20F2N2O3/c1-13(24-20(26)8-4-15-12-17(22)5-6-18(15)23)14-3-7-19-16(11-14)9-10-25(19)21(27)28-2/h3-8,11-13H,9-10H2,1-2H3,(H,24,26). The van der Waals surface area contributed by atoms with Crippen LogP contribution in [-0.2, 0) is 16.0 Å². The quantitative estimate of drug-likeness (QED) is 0.809. The number of hydrogen-bond acceptors (Lipinski definition) is 3. The molecule has 1 heterocycles. The number of halogens is 2. The highest BCUT2D eigenvalue weighted by molar-refractivity contribution is 5.92. The molecule has 0 spiro atoms. The average Bonchev–Trinajstić information content (AvgIpc) is 3.11. The number of nitrogens with one attached hydrogen (secondary N) is 1. The molecule has 28 heavy (non-hydrogen) atoms. The van der Waals surface area contributed by atoms with Crippen molar-refractivity contribution < 1.29 is 23.1 Å². The van der Waals surface area contributed by atoms with Crippen molar-refractivity contribution in [3.8, 4) is 0 Å². The number of carbonyl (C=O) groups is 2. The number of ether oxygens (including phenoxy) is 1. The van der Waals surface area contributed by atoms with Crippen LogP contribution in [0.2, 0.25) is 0 Å². The van der Waals surface area contributed by atoms with Gasteiger partial charge in [-0.15, -0.1) is 0 Å². The van der Waals surface area contributed by atoms with E-state index in [2.05, 4.69) is 5.32 Å². The fraction of sp³-hybridized carbons (Fsp3) is 0.238. The third-order valence-corrected chi connectivity index (χ3v) is 4.63. The summed E-state index contributed by atoms with van der Waals surface area (Å²) in [5.74, 6) is -1.60. The van der Waals surface area contributed by atoms with Gasteiger partial charge in [-0.05, 0) is 54.8 Å². The molecule has 146 valence electrons. The van der Waals surface area contributed by atoms with Crippen molar-refractivity contribution in [1.29, 1.82) is 0 Å². The zero-order valence-corrected chi connectivity index (χ0v) is 15.5. The molecule has 2 aromatic rings.